The fourth-order valence-corrected chi connectivity index (χ4v) is 1.51. The van der Waals surface area contributed by atoms with Crippen LogP contribution in [0.2, 0.25) is 0 Å². The Labute approximate surface area is 102 Å². The van der Waals surface area contributed by atoms with Crippen molar-refractivity contribution in [2.45, 2.75) is 0 Å². The first-order chi connectivity index (χ1) is 8.72. The van der Waals surface area contributed by atoms with Crippen molar-refractivity contribution in [3.63, 3.8) is 0 Å². The predicted molar refractivity (Wildman–Crippen MR) is 64.1 cm³/mol. The van der Waals surface area contributed by atoms with Crippen LogP contribution in [0, 0.1) is 0 Å². The van der Waals surface area contributed by atoms with Crippen LogP contribution in [-0.4, -0.2) is 24.9 Å². The van der Waals surface area contributed by atoms with E-state index in [1.807, 2.05) is 13.2 Å². The molecule has 7 heteroatoms. The van der Waals surface area contributed by atoms with Gasteiger partial charge in [0.05, 0.1) is 23.6 Å². The molecule has 3 heterocycles. The molecule has 0 radical (unpaired) electrons. The van der Waals surface area contributed by atoms with E-state index >= 15 is 0 Å². The summed E-state index contributed by atoms with van der Waals surface area (Å²) < 4.78 is 6.83. The number of anilines is 1. The summed E-state index contributed by atoms with van der Waals surface area (Å²) >= 11 is 0. The number of nitrogens with two attached hydrogens (primary N) is 1. The Morgan fingerprint density at radius 1 is 1.28 bits per heavy atom. The fraction of sp³-hybridized carbons (Fsp3) is 0.0909. The van der Waals surface area contributed by atoms with E-state index in [0.717, 1.165) is 5.56 Å². The quantitative estimate of drug-likeness (QED) is 0.723. The second-order valence-corrected chi connectivity index (χ2v) is 3.80. The van der Waals surface area contributed by atoms with Crippen molar-refractivity contribution in [2.75, 3.05) is 5.73 Å². The summed E-state index contributed by atoms with van der Waals surface area (Å²) in [6.07, 6.45) is 5.03. The van der Waals surface area contributed by atoms with Crippen molar-refractivity contribution in [3.8, 4) is 23.0 Å². The number of pyridine rings is 1. The minimum atomic E-state index is 0.355. The number of rotatable bonds is 2. The molecule has 0 saturated carbocycles. The van der Waals surface area contributed by atoms with Gasteiger partial charge in [-0.25, -0.2) is 4.98 Å². The Balaban J connectivity index is 1.96. The normalized spacial score (nSPS) is 10.7. The third-order valence-electron chi connectivity index (χ3n) is 2.39. The first-order valence-corrected chi connectivity index (χ1v) is 5.27. The van der Waals surface area contributed by atoms with Crippen LogP contribution in [0.25, 0.3) is 23.0 Å². The Bertz CT molecular complexity index is 669. The molecule has 3 aromatic rings. The summed E-state index contributed by atoms with van der Waals surface area (Å²) in [7, 11) is 1.83. The van der Waals surface area contributed by atoms with Gasteiger partial charge < -0.3 is 10.3 Å². The number of nitrogens with zero attached hydrogens (tertiary/aromatic N) is 5. The van der Waals surface area contributed by atoms with Crippen LogP contribution in [0.1, 0.15) is 0 Å². The van der Waals surface area contributed by atoms with Crippen LogP contribution in [0.15, 0.2) is 35.2 Å². The van der Waals surface area contributed by atoms with Crippen molar-refractivity contribution in [3.05, 3.63) is 30.7 Å². The van der Waals surface area contributed by atoms with Gasteiger partial charge in [0.1, 0.15) is 5.69 Å². The van der Waals surface area contributed by atoms with E-state index in [4.69, 9.17) is 10.3 Å². The molecular formula is C11H10N6O. The van der Waals surface area contributed by atoms with Gasteiger partial charge in [-0.1, -0.05) is 5.16 Å². The Morgan fingerprint density at radius 2 is 2.17 bits per heavy atom. The van der Waals surface area contributed by atoms with Gasteiger partial charge >= 0.3 is 0 Å². The molecule has 0 fully saturated rings. The minimum Gasteiger partial charge on any atom is -0.397 e. The van der Waals surface area contributed by atoms with E-state index in [1.54, 1.807) is 29.2 Å². The monoisotopic (exact) mass is 242 g/mol. The molecule has 0 aliphatic carbocycles. The van der Waals surface area contributed by atoms with Gasteiger partial charge in [-0.05, 0) is 12.1 Å². The van der Waals surface area contributed by atoms with Gasteiger partial charge in [0.15, 0.2) is 0 Å². The number of hydrogen-bond donors (Lipinski definition) is 1. The maximum atomic E-state index is 5.56. The van der Waals surface area contributed by atoms with Gasteiger partial charge in [0, 0.05) is 13.2 Å². The summed E-state index contributed by atoms with van der Waals surface area (Å²) in [4.78, 5) is 8.38. The van der Waals surface area contributed by atoms with Crippen LogP contribution < -0.4 is 5.73 Å². The lowest BCUT2D eigenvalue weighted by molar-refractivity contribution is 0.431. The lowest BCUT2D eigenvalue weighted by Gasteiger charge is -1.93. The zero-order chi connectivity index (χ0) is 12.5. The van der Waals surface area contributed by atoms with E-state index < -0.39 is 0 Å². The topological polar surface area (TPSA) is 95.7 Å². The summed E-state index contributed by atoms with van der Waals surface area (Å²) in [5, 5.41) is 7.94. The minimum absolute atomic E-state index is 0.355. The van der Waals surface area contributed by atoms with Crippen molar-refractivity contribution >= 4 is 5.69 Å². The largest absolute Gasteiger partial charge is 0.397 e. The van der Waals surface area contributed by atoms with E-state index in [1.165, 1.54) is 0 Å². The van der Waals surface area contributed by atoms with Crippen LogP contribution in [0.3, 0.4) is 0 Å². The molecule has 2 N–H and O–H groups in total. The Hall–Kier alpha value is -2.70. The highest BCUT2D eigenvalue weighted by molar-refractivity contribution is 5.56. The third kappa shape index (κ3) is 1.81. The highest BCUT2D eigenvalue weighted by Crippen LogP contribution is 2.20. The lowest BCUT2D eigenvalue weighted by atomic mass is 10.3. The molecule has 3 aromatic heterocycles. The molecule has 3 rings (SSSR count). The van der Waals surface area contributed by atoms with Crippen molar-refractivity contribution in [1.82, 2.24) is 24.9 Å². The fourth-order valence-electron chi connectivity index (χ4n) is 1.51. The molecule has 0 aromatic carbocycles. The van der Waals surface area contributed by atoms with Gasteiger partial charge in [-0.2, -0.15) is 10.1 Å². The SMILES string of the molecule is Cn1cc(-c2noc(-c3ccc(N)cn3)n2)cn1. The van der Waals surface area contributed by atoms with Crippen LogP contribution in [-0.2, 0) is 7.05 Å². The van der Waals surface area contributed by atoms with Gasteiger partial charge in [-0.15, -0.1) is 0 Å². The summed E-state index contributed by atoms with van der Waals surface area (Å²) in [5.74, 6) is 0.838. The first kappa shape index (κ1) is 10.5. The van der Waals surface area contributed by atoms with Crippen LogP contribution in [0.4, 0.5) is 5.69 Å². The molecule has 0 spiro atoms. The standard InChI is InChI=1S/C11H10N6O/c1-17-6-7(4-14-17)10-15-11(18-16-10)9-3-2-8(12)5-13-9/h2-6H,12H2,1H3. The average molecular weight is 242 g/mol. The number of nitrogen functional groups attached to an aromatic ring is 1. The van der Waals surface area contributed by atoms with Crippen molar-refractivity contribution in [2.24, 2.45) is 7.05 Å². The zero-order valence-electron chi connectivity index (χ0n) is 9.61. The summed E-state index contributed by atoms with van der Waals surface area (Å²) in [5.41, 5.74) is 7.54. The van der Waals surface area contributed by atoms with Gasteiger partial charge in [0.2, 0.25) is 5.82 Å². The first-order valence-electron chi connectivity index (χ1n) is 5.27. The molecule has 18 heavy (non-hydrogen) atoms. The molecule has 0 aliphatic rings. The number of aryl methyl sites for hydroxylation is 1. The molecule has 0 saturated heterocycles. The molecule has 0 bridgehead atoms. The maximum absolute atomic E-state index is 5.56. The average Bonchev–Trinajstić information content (AvgIpc) is 2.98. The maximum Gasteiger partial charge on any atom is 0.276 e. The van der Waals surface area contributed by atoms with Crippen LogP contribution >= 0.6 is 0 Å². The Kier molecular flexibility index (Phi) is 2.30. The lowest BCUT2D eigenvalue weighted by Crippen LogP contribution is -1.88. The highest BCUT2D eigenvalue weighted by Gasteiger charge is 2.12. The molecular weight excluding hydrogens is 232 g/mol. The molecule has 7 nitrogen and oxygen atoms in total. The third-order valence-corrected chi connectivity index (χ3v) is 2.39. The van der Waals surface area contributed by atoms with E-state index in [2.05, 4.69) is 20.2 Å². The summed E-state index contributed by atoms with van der Waals surface area (Å²) in [6.45, 7) is 0. The molecule has 0 atom stereocenters. The number of hydrogen-bond acceptors (Lipinski definition) is 6. The molecule has 90 valence electrons. The highest BCUT2D eigenvalue weighted by atomic mass is 16.5. The zero-order valence-corrected chi connectivity index (χ0v) is 9.61. The summed E-state index contributed by atoms with van der Waals surface area (Å²) in [6, 6.07) is 3.46. The Morgan fingerprint density at radius 3 is 2.83 bits per heavy atom. The van der Waals surface area contributed by atoms with Crippen molar-refractivity contribution in [1.29, 1.82) is 0 Å². The van der Waals surface area contributed by atoms with E-state index in [-0.39, 0.29) is 0 Å². The van der Waals surface area contributed by atoms with Crippen LogP contribution in [0.5, 0.6) is 0 Å². The van der Waals surface area contributed by atoms with Gasteiger partial charge in [0.25, 0.3) is 5.89 Å². The molecule has 0 unspecified atom stereocenters. The van der Waals surface area contributed by atoms with Crippen molar-refractivity contribution < 1.29 is 4.52 Å². The predicted octanol–water partition coefficient (Wildman–Crippen LogP) is 1.11. The number of aromatic nitrogens is 5. The molecule has 0 aliphatic heterocycles. The second-order valence-electron chi connectivity index (χ2n) is 3.80. The van der Waals surface area contributed by atoms with Gasteiger partial charge in [-0.3, -0.25) is 4.68 Å². The van der Waals surface area contributed by atoms with E-state index in [9.17, 15) is 0 Å². The second kappa shape index (κ2) is 3.95. The van der Waals surface area contributed by atoms with E-state index in [0.29, 0.717) is 23.1 Å². The smallest absolute Gasteiger partial charge is 0.276 e. The molecule has 0 amide bonds.